The van der Waals surface area contributed by atoms with Crippen LogP contribution in [-0.4, -0.2) is 77.3 Å². The fourth-order valence-corrected chi connectivity index (χ4v) is 5.44. The van der Waals surface area contributed by atoms with Crippen molar-refractivity contribution in [3.05, 3.63) is 17.2 Å². The van der Waals surface area contributed by atoms with Crippen LogP contribution in [0, 0.1) is 0 Å². The highest BCUT2D eigenvalue weighted by Crippen LogP contribution is 2.38. The van der Waals surface area contributed by atoms with Crippen molar-refractivity contribution in [3.8, 4) is 11.5 Å². The summed E-state index contributed by atoms with van der Waals surface area (Å²) in [5.41, 5.74) is -0.269. The molecule has 1 unspecified atom stereocenters. The molecule has 1 spiro atoms. The van der Waals surface area contributed by atoms with E-state index in [0.29, 0.717) is 44.3 Å². The number of hydrogen-bond donors (Lipinski definition) is 0. The van der Waals surface area contributed by atoms with Gasteiger partial charge in [-0.3, -0.25) is 4.90 Å². The van der Waals surface area contributed by atoms with Crippen molar-refractivity contribution in [3.63, 3.8) is 0 Å². The third-order valence-corrected chi connectivity index (χ3v) is 7.41. The van der Waals surface area contributed by atoms with E-state index in [1.54, 1.807) is 0 Å². The molecule has 140 valence electrons. The van der Waals surface area contributed by atoms with Crippen LogP contribution in [0.2, 0.25) is 5.02 Å². The van der Waals surface area contributed by atoms with Gasteiger partial charge in [0.25, 0.3) is 0 Å². The van der Waals surface area contributed by atoms with E-state index >= 15 is 0 Å². The third kappa shape index (κ3) is 3.21. The number of nitrogens with zero attached hydrogens (tertiary/aromatic N) is 2. The predicted molar refractivity (Wildman–Crippen MR) is 94.1 cm³/mol. The van der Waals surface area contributed by atoms with Gasteiger partial charge < -0.3 is 14.2 Å². The van der Waals surface area contributed by atoms with Gasteiger partial charge in [-0.05, 0) is 13.5 Å². The maximum Gasteiger partial charge on any atom is 0.244 e. The molecule has 1 aromatic rings. The Balaban J connectivity index is 1.96. The zero-order valence-corrected chi connectivity index (χ0v) is 16.2. The molecule has 2 aliphatic heterocycles. The summed E-state index contributed by atoms with van der Waals surface area (Å²) >= 11 is 6.24. The molecule has 0 bridgehead atoms. The van der Waals surface area contributed by atoms with E-state index in [1.807, 2.05) is 7.05 Å². The lowest BCUT2D eigenvalue weighted by molar-refractivity contribution is 0.0375. The molecule has 1 atom stereocenters. The summed E-state index contributed by atoms with van der Waals surface area (Å²) in [5, 5.41) is 0.119. The molecular weight excluding hydrogens is 368 g/mol. The second-order valence-corrected chi connectivity index (χ2v) is 8.74. The highest BCUT2D eigenvalue weighted by molar-refractivity contribution is 7.89. The number of likely N-dealkylation sites (N-methyl/N-ethyl adjacent to an activating group) is 1. The Labute approximate surface area is 153 Å². The van der Waals surface area contributed by atoms with E-state index in [1.165, 1.54) is 30.7 Å². The van der Waals surface area contributed by atoms with Gasteiger partial charge in [0.15, 0.2) is 11.5 Å². The van der Waals surface area contributed by atoms with Crippen LogP contribution >= 0.6 is 11.6 Å². The summed E-state index contributed by atoms with van der Waals surface area (Å²) in [6.45, 7) is 2.62. The lowest BCUT2D eigenvalue weighted by atomic mass is 9.95. The maximum atomic E-state index is 13.2. The number of sulfonamides is 1. The van der Waals surface area contributed by atoms with Crippen molar-refractivity contribution in [1.29, 1.82) is 0 Å². The summed E-state index contributed by atoms with van der Waals surface area (Å²) < 4.78 is 43.9. The van der Waals surface area contributed by atoms with E-state index < -0.39 is 10.0 Å². The second-order valence-electron chi connectivity index (χ2n) is 6.42. The van der Waals surface area contributed by atoms with Gasteiger partial charge in [-0.15, -0.1) is 0 Å². The fourth-order valence-electron chi connectivity index (χ4n) is 3.43. The van der Waals surface area contributed by atoms with Crippen LogP contribution in [0.25, 0.3) is 0 Å². The van der Waals surface area contributed by atoms with Crippen molar-refractivity contribution in [2.75, 3.05) is 54.1 Å². The van der Waals surface area contributed by atoms with E-state index in [-0.39, 0.29) is 15.5 Å². The summed E-state index contributed by atoms with van der Waals surface area (Å²) in [7, 11) is 1.20. The molecular formula is C16H23ClN2O5S. The zero-order chi connectivity index (χ0) is 18.2. The van der Waals surface area contributed by atoms with Crippen LogP contribution in [-0.2, 0) is 14.8 Å². The minimum absolute atomic E-state index is 0.0328. The number of piperazine rings is 1. The van der Waals surface area contributed by atoms with Crippen molar-refractivity contribution in [1.82, 2.24) is 9.21 Å². The van der Waals surface area contributed by atoms with E-state index in [0.717, 1.165) is 6.42 Å². The van der Waals surface area contributed by atoms with Gasteiger partial charge in [0, 0.05) is 38.4 Å². The highest BCUT2D eigenvalue weighted by atomic mass is 35.5. The molecule has 0 aliphatic carbocycles. The Hall–Kier alpha value is -1.06. The van der Waals surface area contributed by atoms with Gasteiger partial charge in [-0.1, -0.05) is 11.6 Å². The Morgan fingerprint density at radius 2 is 1.88 bits per heavy atom. The van der Waals surface area contributed by atoms with Crippen molar-refractivity contribution < 1.29 is 22.6 Å². The van der Waals surface area contributed by atoms with Gasteiger partial charge in [-0.2, -0.15) is 4.31 Å². The summed E-state index contributed by atoms with van der Waals surface area (Å²) in [5.74, 6) is 0.726. The summed E-state index contributed by atoms with van der Waals surface area (Å²) in [6, 6.07) is 2.89. The number of benzene rings is 1. The SMILES string of the molecule is COc1cc(Cl)c(S(=O)(=O)N2CCN(C)C3(CCOC3)C2)cc1OC. The van der Waals surface area contributed by atoms with E-state index in [4.69, 9.17) is 25.8 Å². The molecule has 0 saturated carbocycles. The van der Waals surface area contributed by atoms with Gasteiger partial charge in [0.05, 0.1) is 31.4 Å². The molecule has 0 N–H and O–H groups in total. The Bertz CT molecular complexity index is 749. The molecule has 2 heterocycles. The average molecular weight is 391 g/mol. The minimum Gasteiger partial charge on any atom is -0.493 e. The van der Waals surface area contributed by atoms with Gasteiger partial charge >= 0.3 is 0 Å². The lowest BCUT2D eigenvalue weighted by Gasteiger charge is -2.45. The number of methoxy groups -OCH3 is 2. The Morgan fingerprint density at radius 3 is 2.48 bits per heavy atom. The largest absolute Gasteiger partial charge is 0.493 e. The molecule has 0 radical (unpaired) electrons. The molecule has 2 aliphatic rings. The van der Waals surface area contributed by atoms with Crippen molar-refractivity contribution in [2.45, 2.75) is 16.9 Å². The third-order valence-electron chi connectivity index (χ3n) is 5.10. The second kappa shape index (κ2) is 6.92. The number of halogens is 1. The topological polar surface area (TPSA) is 68.3 Å². The standard InChI is InChI=1S/C16H23ClN2O5S/c1-18-5-6-19(10-16(18)4-7-24-11-16)25(20,21)15-9-14(23-3)13(22-2)8-12(15)17/h8-9H,4-7,10-11H2,1-3H3. The average Bonchev–Trinajstić information content (AvgIpc) is 3.06. The molecule has 9 heteroatoms. The highest BCUT2D eigenvalue weighted by Gasteiger charge is 2.46. The number of ether oxygens (including phenoxy) is 3. The van der Waals surface area contributed by atoms with Gasteiger partial charge in [-0.25, -0.2) is 8.42 Å². The number of hydrogen-bond acceptors (Lipinski definition) is 6. The molecule has 25 heavy (non-hydrogen) atoms. The molecule has 1 aromatic carbocycles. The van der Waals surface area contributed by atoms with Crippen LogP contribution in [0.1, 0.15) is 6.42 Å². The van der Waals surface area contributed by atoms with Crippen molar-refractivity contribution >= 4 is 21.6 Å². The van der Waals surface area contributed by atoms with Crippen LogP contribution in [0.5, 0.6) is 11.5 Å². The maximum absolute atomic E-state index is 13.2. The Morgan fingerprint density at radius 1 is 1.20 bits per heavy atom. The van der Waals surface area contributed by atoms with Crippen LogP contribution < -0.4 is 9.47 Å². The number of rotatable bonds is 4. The lowest BCUT2D eigenvalue weighted by Crippen LogP contribution is -2.62. The fraction of sp³-hybridized carbons (Fsp3) is 0.625. The Kier molecular flexibility index (Phi) is 5.18. The quantitative estimate of drug-likeness (QED) is 0.775. The van der Waals surface area contributed by atoms with Crippen LogP contribution in [0.4, 0.5) is 0 Å². The van der Waals surface area contributed by atoms with Gasteiger partial charge in [0.1, 0.15) is 4.90 Å². The molecule has 0 aromatic heterocycles. The first-order valence-electron chi connectivity index (χ1n) is 8.05. The molecule has 0 amide bonds. The molecule has 3 rings (SSSR count). The monoisotopic (exact) mass is 390 g/mol. The van der Waals surface area contributed by atoms with Gasteiger partial charge in [0.2, 0.25) is 10.0 Å². The predicted octanol–water partition coefficient (Wildman–Crippen LogP) is 1.45. The zero-order valence-electron chi connectivity index (χ0n) is 14.6. The van der Waals surface area contributed by atoms with Crippen LogP contribution in [0.15, 0.2) is 17.0 Å². The summed E-state index contributed by atoms with van der Waals surface area (Å²) in [6.07, 6.45) is 0.815. The molecule has 2 fully saturated rings. The first kappa shape index (κ1) is 18.7. The minimum atomic E-state index is -3.75. The van der Waals surface area contributed by atoms with E-state index in [2.05, 4.69) is 4.90 Å². The van der Waals surface area contributed by atoms with E-state index in [9.17, 15) is 8.42 Å². The van der Waals surface area contributed by atoms with Crippen LogP contribution in [0.3, 0.4) is 0 Å². The first-order chi connectivity index (χ1) is 11.8. The molecule has 2 saturated heterocycles. The smallest absolute Gasteiger partial charge is 0.244 e. The summed E-state index contributed by atoms with van der Waals surface area (Å²) in [4.78, 5) is 2.23. The normalized spacial score (nSPS) is 25.4. The van der Waals surface area contributed by atoms with Crippen molar-refractivity contribution in [2.24, 2.45) is 0 Å². The molecule has 7 nitrogen and oxygen atoms in total. The first-order valence-corrected chi connectivity index (χ1v) is 9.86.